The maximum Gasteiger partial charge on any atom is 0.242 e. The summed E-state index contributed by atoms with van der Waals surface area (Å²) in [6.07, 6.45) is 3.15. The fraction of sp³-hybridized carbons (Fsp3) is 0.462. The van der Waals surface area contributed by atoms with Gasteiger partial charge in [-0.15, -0.1) is 0 Å². The van der Waals surface area contributed by atoms with Gasteiger partial charge in [-0.1, -0.05) is 6.07 Å². The van der Waals surface area contributed by atoms with Gasteiger partial charge in [0.25, 0.3) is 0 Å². The monoisotopic (exact) mass is 233 g/mol. The third-order valence-corrected chi connectivity index (χ3v) is 3.25. The summed E-state index contributed by atoms with van der Waals surface area (Å²) >= 11 is 0. The molecule has 0 spiro atoms. The Morgan fingerprint density at radius 1 is 1.47 bits per heavy atom. The van der Waals surface area contributed by atoms with Crippen LogP contribution in [0.5, 0.6) is 0 Å². The Hall–Kier alpha value is -1.71. The van der Waals surface area contributed by atoms with Crippen LogP contribution in [-0.4, -0.2) is 25.5 Å². The normalized spacial score (nSPS) is 20.1. The second-order valence-corrected chi connectivity index (χ2v) is 4.41. The molecule has 0 aliphatic carbocycles. The number of carbonyl (C=O) groups is 1. The highest BCUT2D eigenvalue weighted by Crippen LogP contribution is 2.26. The van der Waals surface area contributed by atoms with Gasteiger partial charge < -0.3 is 16.0 Å². The fourth-order valence-corrected chi connectivity index (χ4v) is 2.38. The van der Waals surface area contributed by atoms with Crippen molar-refractivity contribution in [2.45, 2.75) is 25.3 Å². The summed E-state index contributed by atoms with van der Waals surface area (Å²) in [7, 11) is 1.69. The molecule has 1 aromatic rings. The van der Waals surface area contributed by atoms with E-state index in [1.54, 1.807) is 7.05 Å². The number of anilines is 2. The zero-order valence-corrected chi connectivity index (χ0v) is 10.1. The van der Waals surface area contributed by atoms with Gasteiger partial charge >= 0.3 is 0 Å². The lowest BCUT2D eigenvalue weighted by molar-refractivity contribution is -0.122. The predicted molar refractivity (Wildman–Crippen MR) is 69.9 cm³/mol. The van der Waals surface area contributed by atoms with Gasteiger partial charge in [-0.2, -0.15) is 0 Å². The van der Waals surface area contributed by atoms with Crippen molar-refractivity contribution in [2.75, 3.05) is 24.2 Å². The number of amides is 1. The predicted octanol–water partition coefficient (Wildman–Crippen LogP) is 1.37. The number of piperidine rings is 1. The minimum Gasteiger partial charge on any atom is -0.399 e. The summed E-state index contributed by atoms with van der Waals surface area (Å²) in [6.45, 7) is 0.918. The van der Waals surface area contributed by atoms with Crippen LogP contribution in [0.3, 0.4) is 0 Å². The first-order chi connectivity index (χ1) is 8.22. The molecule has 3 N–H and O–H groups in total. The molecule has 2 rings (SSSR count). The van der Waals surface area contributed by atoms with E-state index in [2.05, 4.69) is 10.2 Å². The summed E-state index contributed by atoms with van der Waals surface area (Å²) in [5.74, 6) is 0.0899. The molecular formula is C13H19N3O. The minimum absolute atomic E-state index is 0.0597. The molecular weight excluding hydrogens is 214 g/mol. The van der Waals surface area contributed by atoms with Crippen LogP contribution in [0.25, 0.3) is 0 Å². The van der Waals surface area contributed by atoms with E-state index in [4.69, 9.17) is 5.73 Å². The zero-order chi connectivity index (χ0) is 12.3. The van der Waals surface area contributed by atoms with Crippen molar-refractivity contribution in [1.29, 1.82) is 0 Å². The lowest BCUT2D eigenvalue weighted by Crippen LogP contribution is -2.48. The van der Waals surface area contributed by atoms with Crippen molar-refractivity contribution in [2.24, 2.45) is 0 Å². The number of likely N-dealkylation sites (N-methyl/N-ethyl adjacent to an activating group) is 1. The Morgan fingerprint density at radius 2 is 2.29 bits per heavy atom. The van der Waals surface area contributed by atoms with Gasteiger partial charge in [0.2, 0.25) is 5.91 Å². The molecule has 92 valence electrons. The van der Waals surface area contributed by atoms with Crippen molar-refractivity contribution < 1.29 is 4.79 Å². The van der Waals surface area contributed by atoms with E-state index in [1.807, 2.05) is 24.3 Å². The third kappa shape index (κ3) is 2.52. The summed E-state index contributed by atoms with van der Waals surface area (Å²) < 4.78 is 0. The molecule has 4 heteroatoms. The van der Waals surface area contributed by atoms with Gasteiger partial charge in [0.15, 0.2) is 0 Å². The number of nitrogens with one attached hydrogen (secondary N) is 1. The largest absolute Gasteiger partial charge is 0.399 e. The standard InChI is InChI=1S/C13H19N3O/c1-15-13(17)12-7-2-3-8-16(12)11-6-4-5-10(14)9-11/h4-6,9,12H,2-3,7-8,14H2,1H3,(H,15,17). The molecule has 1 fully saturated rings. The molecule has 1 saturated heterocycles. The summed E-state index contributed by atoms with van der Waals surface area (Å²) in [4.78, 5) is 14.0. The van der Waals surface area contributed by atoms with Crippen LogP contribution in [-0.2, 0) is 4.79 Å². The van der Waals surface area contributed by atoms with Crippen LogP contribution in [0.15, 0.2) is 24.3 Å². The number of nitrogen functional groups attached to an aromatic ring is 1. The number of benzene rings is 1. The molecule has 1 atom stereocenters. The highest BCUT2D eigenvalue weighted by atomic mass is 16.2. The highest BCUT2D eigenvalue weighted by molar-refractivity contribution is 5.85. The quantitative estimate of drug-likeness (QED) is 0.759. The average molecular weight is 233 g/mol. The lowest BCUT2D eigenvalue weighted by Gasteiger charge is -2.36. The molecule has 1 heterocycles. The Kier molecular flexibility index (Phi) is 3.52. The number of carbonyl (C=O) groups excluding carboxylic acids is 1. The number of hydrogen-bond acceptors (Lipinski definition) is 3. The van der Waals surface area contributed by atoms with E-state index < -0.39 is 0 Å². The van der Waals surface area contributed by atoms with Gasteiger partial charge in [0.05, 0.1) is 0 Å². The van der Waals surface area contributed by atoms with Crippen molar-refractivity contribution in [1.82, 2.24) is 5.32 Å². The number of rotatable bonds is 2. The van der Waals surface area contributed by atoms with Crippen LogP contribution in [0.1, 0.15) is 19.3 Å². The zero-order valence-electron chi connectivity index (χ0n) is 10.1. The van der Waals surface area contributed by atoms with Gasteiger partial charge in [-0.05, 0) is 37.5 Å². The topological polar surface area (TPSA) is 58.4 Å². The van der Waals surface area contributed by atoms with Crippen molar-refractivity contribution >= 4 is 17.3 Å². The SMILES string of the molecule is CNC(=O)C1CCCCN1c1cccc(N)c1. The first-order valence-electron chi connectivity index (χ1n) is 6.06. The molecule has 0 radical (unpaired) electrons. The second-order valence-electron chi connectivity index (χ2n) is 4.41. The van der Waals surface area contributed by atoms with Gasteiger partial charge in [0.1, 0.15) is 6.04 Å². The average Bonchev–Trinajstić information content (AvgIpc) is 2.38. The van der Waals surface area contributed by atoms with Crippen LogP contribution >= 0.6 is 0 Å². The van der Waals surface area contributed by atoms with Crippen LogP contribution in [0.2, 0.25) is 0 Å². The molecule has 0 bridgehead atoms. The van der Waals surface area contributed by atoms with Gasteiger partial charge in [0, 0.05) is 25.0 Å². The van der Waals surface area contributed by atoms with Crippen molar-refractivity contribution in [3.63, 3.8) is 0 Å². The Balaban J connectivity index is 2.24. The van der Waals surface area contributed by atoms with Crippen LogP contribution in [0.4, 0.5) is 11.4 Å². The summed E-state index contributed by atoms with van der Waals surface area (Å²) in [5.41, 5.74) is 7.57. The molecule has 1 unspecified atom stereocenters. The summed E-state index contributed by atoms with van der Waals surface area (Å²) in [5, 5.41) is 2.74. The van der Waals surface area contributed by atoms with E-state index in [-0.39, 0.29) is 11.9 Å². The molecule has 0 saturated carbocycles. The molecule has 1 aromatic carbocycles. The Labute approximate surface area is 102 Å². The number of hydrogen-bond donors (Lipinski definition) is 2. The van der Waals surface area contributed by atoms with Crippen molar-refractivity contribution in [3.05, 3.63) is 24.3 Å². The van der Waals surface area contributed by atoms with Gasteiger partial charge in [-0.25, -0.2) is 0 Å². The van der Waals surface area contributed by atoms with Gasteiger partial charge in [-0.3, -0.25) is 4.79 Å². The minimum atomic E-state index is -0.0597. The fourth-order valence-electron chi connectivity index (χ4n) is 2.38. The number of nitrogens with zero attached hydrogens (tertiary/aromatic N) is 1. The number of nitrogens with two attached hydrogens (primary N) is 1. The molecule has 4 nitrogen and oxygen atoms in total. The maximum atomic E-state index is 11.9. The molecule has 17 heavy (non-hydrogen) atoms. The molecule has 1 aliphatic heterocycles. The first kappa shape index (κ1) is 11.8. The van der Waals surface area contributed by atoms with Crippen LogP contribution < -0.4 is 16.0 Å². The van der Waals surface area contributed by atoms with E-state index in [0.717, 1.165) is 37.2 Å². The van der Waals surface area contributed by atoms with E-state index in [0.29, 0.717) is 0 Å². The second kappa shape index (κ2) is 5.08. The molecule has 0 aromatic heterocycles. The maximum absolute atomic E-state index is 11.9. The van der Waals surface area contributed by atoms with E-state index >= 15 is 0 Å². The highest BCUT2D eigenvalue weighted by Gasteiger charge is 2.28. The Bertz CT molecular complexity index is 405. The smallest absolute Gasteiger partial charge is 0.242 e. The lowest BCUT2D eigenvalue weighted by atomic mass is 10.0. The van der Waals surface area contributed by atoms with E-state index in [9.17, 15) is 4.79 Å². The first-order valence-corrected chi connectivity index (χ1v) is 6.06. The summed E-state index contributed by atoms with van der Waals surface area (Å²) in [6, 6.07) is 7.68. The third-order valence-electron chi connectivity index (χ3n) is 3.25. The van der Waals surface area contributed by atoms with E-state index in [1.165, 1.54) is 0 Å². The molecule has 1 aliphatic rings. The van der Waals surface area contributed by atoms with Crippen LogP contribution in [0, 0.1) is 0 Å². The van der Waals surface area contributed by atoms with Crippen molar-refractivity contribution in [3.8, 4) is 0 Å². The molecule has 1 amide bonds. The Morgan fingerprint density at radius 3 is 3.00 bits per heavy atom.